The minimum Gasteiger partial charge on any atom is -0.393 e. The summed E-state index contributed by atoms with van der Waals surface area (Å²) in [5, 5.41) is 40.2. The third kappa shape index (κ3) is 7.71. The molecule has 0 aromatic rings. The van der Waals surface area contributed by atoms with Crippen LogP contribution in [0.3, 0.4) is 0 Å². The van der Waals surface area contributed by atoms with Crippen LogP contribution in [0.15, 0.2) is 35.5 Å². The summed E-state index contributed by atoms with van der Waals surface area (Å²) < 4.78 is 79.9. The third-order valence-electron chi connectivity index (χ3n) is 10.2. The van der Waals surface area contributed by atoms with Crippen LogP contribution in [0.4, 0.5) is 26.3 Å². The molecule has 244 valence electrons. The minimum atomic E-state index is -6.01. The molecule has 0 bridgehead atoms. The molecule has 3 aliphatic rings. The summed E-state index contributed by atoms with van der Waals surface area (Å²) in [6, 6.07) is 0. The average molecular weight is 621 g/mol. The SMILES string of the molecule is C=C1/C(=C\C=C2/CCC[C@]3(C)[C@@H]([C@@](C)(CC#CC(O)(C(F)(F)F)C(F)(F)F)CCCC(C)(C)O)CC[C@@H]23)C[C@@H](O)CC1O. The minimum absolute atomic E-state index is 0.0735. The molecule has 0 saturated heterocycles. The van der Waals surface area contributed by atoms with Crippen molar-refractivity contribution in [3.8, 4) is 11.8 Å². The van der Waals surface area contributed by atoms with Gasteiger partial charge in [0.05, 0.1) is 17.8 Å². The summed E-state index contributed by atoms with van der Waals surface area (Å²) in [7, 11) is 0. The summed E-state index contributed by atoms with van der Waals surface area (Å²) in [5.74, 6) is 3.35. The lowest BCUT2D eigenvalue weighted by Crippen LogP contribution is -2.55. The highest BCUT2D eigenvalue weighted by Gasteiger charge is 2.70. The molecule has 0 aromatic heterocycles. The number of hydrogen-bond donors (Lipinski definition) is 4. The number of allylic oxidation sites excluding steroid dienone is 3. The highest BCUT2D eigenvalue weighted by molar-refractivity contribution is 5.39. The molecule has 4 N–H and O–H groups in total. The van der Waals surface area contributed by atoms with E-state index in [4.69, 9.17) is 0 Å². The van der Waals surface area contributed by atoms with Gasteiger partial charge in [0.1, 0.15) is 0 Å². The van der Waals surface area contributed by atoms with E-state index in [0.29, 0.717) is 37.7 Å². The summed E-state index contributed by atoms with van der Waals surface area (Å²) >= 11 is 0. The van der Waals surface area contributed by atoms with Crippen molar-refractivity contribution >= 4 is 0 Å². The molecule has 0 radical (unpaired) electrons. The van der Waals surface area contributed by atoms with Crippen LogP contribution in [-0.4, -0.2) is 56.2 Å². The summed E-state index contributed by atoms with van der Waals surface area (Å²) in [4.78, 5) is 0. The molecular formula is C33H46F6O4. The van der Waals surface area contributed by atoms with Gasteiger partial charge < -0.3 is 20.4 Å². The quantitative estimate of drug-likeness (QED) is 0.178. The van der Waals surface area contributed by atoms with Gasteiger partial charge in [0.15, 0.2) is 0 Å². The largest absolute Gasteiger partial charge is 0.438 e. The van der Waals surface area contributed by atoms with Crippen molar-refractivity contribution in [1.29, 1.82) is 0 Å². The Morgan fingerprint density at radius 3 is 2.19 bits per heavy atom. The van der Waals surface area contributed by atoms with Crippen LogP contribution in [0.25, 0.3) is 0 Å². The second kappa shape index (κ2) is 12.5. The molecule has 0 aliphatic heterocycles. The molecule has 1 unspecified atom stereocenters. The van der Waals surface area contributed by atoms with Crippen molar-refractivity contribution in [1.82, 2.24) is 0 Å². The summed E-state index contributed by atoms with van der Waals surface area (Å²) in [6.07, 6.45) is -3.77. The maximum Gasteiger partial charge on any atom is 0.438 e. The Balaban J connectivity index is 1.95. The Bertz CT molecular complexity index is 1140. The fourth-order valence-electron chi connectivity index (χ4n) is 7.84. The second-order valence-corrected chi connectivity index (χ2v) is 14.1. The number of fused-ring (bicyclic) bond motifs is 1. The standard InChI is InChI=1S/C33H46F6O4/c1-21-23(19-24(40)20-26(21)41)11-10-22-9-6-17-30(5)25(22)12-13-27(30)29(4,15-7-14-28(2,3)42)16-8-18-31(43,32(34,35)36)33(37,38)39/h10-11,24-27,40-43H,1,6-7,9,12-17,19-20H2,2-5H3/b22-10+,23-11-/t24-,25+,26?,27-,29-,30+/m1/s1. The number of aliphatic hydroxyl groups excluding tert-OH is 2. The second-order valence-electron chi connectivity index (χ2n) is 14.1. The fourth-order valence-corrected chi connectivity index (χ4v) is 7.84. The van der Waals surface area contributed by atoms with Crippen molar-refractivity contribution < 1.29 is 46.8 Å². The van der Waals surface area contributed by atoms with Crippen LogP contribution >= 0.6 is 0 Å². The molecule has 0 amide bonds. The van der Waals surface area contributed by atoms with E-state index in [0.717, 1.165) is 37.2 Å². The van der Waals surface area contributed by atoms with E-state index in [-0.39, 0.29) is 30.1 Å². The van der Waals surface area contributed by atoms with Crippen LogP contribution in [-0.2, 0) is 0 Å². The monoisotopic (exact) mass is 620 g/mol. The first kappa shape index (κ1) is 35.7. The Hall–Kier alpha value is -1.80. The first-order valence-electron chi connectivity index (χ1n) is 15.1. The molecule has 4 nitrogen and oxygen atoms in total. The van der Waals surface area contributed by atoms with E-state index >= 15 is 0 Å². The first-order chi connectivity index (χ1) is 19.5. The predicted octanol–water partition coefficient (Wildman–Crippen LogP) is 7.32. The third-order valence-corrected chi connectivity index (χ3v) is 10.2. The van der Waals surface area contributed by atoms with Crippen molar-refractivity contribution in [3.05, 3.63) is 35.5 Å². The van der Waals surface area contributed by atoms with Crippen molar-refractivity contribution in [2.45, 2.75) is 134 Å². The molecule has 3 fully saturated rings. The zero-order chi connectivity index (χ0) is 32.6. The van der Waals surface area contributed by atoms with Crippen LogP contribution < -0.4 is 0 Å². The number of halogens is 6. The van der Waals surface area contributed by atoms with Crippen LogP contribution in [0.1, 0.15) is 98.3 Å². The molecule has 43 heavy (non-hydrogen) atoms. The fraction of sp³-hybridized carbons (Fsp3) is 0.758. The lowest BCUT2D eigenvalue weighted by Gasteiger charge is -2.49. The van der Waals surface area contributed by atoms with Crippen LogP contribution in [0, 0.1) is 34.5 Å². The molecule has 0 aromatic carbocycles. The lowest BCUT2D eigenvalue weighted by molar-refractivity contribution is -0.343. The van der Waals surface area contributed by atoms with E-state index in [9.17, 15) is 46.8 Å². The van der Waals surface area contributed by atoms with Gasteiger partial charge in [0.2, 0.25) is 0 Å². The van der Waals surface area contributed by atoms with Gasteiger partial charge in [-0.1, -0.05) is 50.5 Å². The Morgan fingerprint density at radius 1 is 0.977 bits per heavy atom. The average Bonchev–Trinajstić information content (AvgIpc) is 3.21. The van der Waals surface area contributed by atoms with Gasteiger partial charge in [-0.05, 0) is 105 Å². The van der Waals surface area contributed by atoms with Gasteiger partial charge in [-0.15, -0.1) is 0 Å². The molecular weight excluding hydrogens is 574 g/mol. The molecule has 3 saturated carbocycles. The normalized spacial score (nSPS) is 32.4. The van der Waals surface area contributed by atoms with Gasteiger partial charge >= 0.3 is 18.0 Å². The summed E-state index contributed by atoms with van der Waals surface area (Å²) in [5.41, 5.74) is -4.60. The van der Waals surface area contributed by atoms with Gasteiger partial charge in [-0.25, -0.2) is 0 Å². The van der Waals surface area contributed by atoms with Crippen molar-refractivity contribution in [2.24, 2.45) is 22.7 Å². The Kier molecular flexibility index (Phi) is 10.4. The van der Waals surface area contributed by atoms with Gasteiger partial charge in [-0.2, -0.15) is 26.3 Å². The number of alkyl halides is 6. The Labute approximate surface area is 251 Å². The van der Waals surface area contributed by atoms with Gasteiger partial charge in [0.25, 0.3) is 0 Å². The highest BCUT2D eigenvalue weighted by atomic mass is 19.4. The van der Waals surface area contributed by atoms with Gasteiger partial charge in [-0.3, -0.25) is 0 Å². The Morgan fingerprint density at radius 2 is 1.60 bits per heavy atom. The highest BCUT2D eigenvalue weighted by Crippen LogP contribution is 2.63. The first-order valence-corrected chi connectivity index (χ1v) is 15.1. The predicted molar refractivity (Wildman–Crippen MR) is 152 cm³/mol. The zero-order valence-corrected chi connectivity index (χ0v) is 25.5. The van der Waals surface area contributed by atoms with Gasteiger partial charge in [0, 0.05) is 12.8 Å². The summed E-state index contributed by atoms with van der Waals surface area (Å²) in [6.45, 7) is 11.3. The lowest BCUT2D eigenvalue weighted by atomic mass is 9.55. The van der Waals surface area contributed by atoms with E-state index in [1.807, 2.05) is 19.1 Å². The molecule has 0 heterocycles. The zero-order valence-electron chi connectivity index (χ0n) is 25.5. The van der Waals surface area contributed by atoms with E-state index < -0.39 is 41.2 Å². The molecule has 3 rings (SSSR count). The number of aliphatic hydroxyl groups is 4. The van der Waals surface area contributed by atoms with E-state index in [1.165, 1.54) is 5.57 Å². The number of hydrogen-bond acceptors (Lipinski definition) is 4. The van der Waals surface area contributed by atoms with E-state index in [2.05, 4.69) is 19.4 Å². The molecule has 6 atom stereocenters. The van der Waals surface area contributed by atoms with E-state index in [1.54, 1.807) is 13.8 Å². The number of rotatable bonds is 7. The molecule has 3 aliphatic carbocycles. The van der Waals surface area contributed by atoms with Crippen molar-refractivity contribution in [2.75, 3.05) is 0 Å². The molecule has 0 spiro atoms. The molecule has 10 heteroatoms. The maximum atomic E-state index is 13.3. The van der Waals surface area contributed by atoms with Crippen LogP contribution in [0.5, 0.6) is 0 Å². The van der Waals surface area contributed by atoms with Crippen LogP contribution in [0.2, 0.25) is 0 Å². The topological polar surface area (TPSA) is 80.9 Å². The van der Waals surface area contributed by atoms with Crippen molar-refractivity contribution in [3.63, 3.8) is 0 Å². The smallest absolute Gasteiger partial charge is 0.393 e. The maximum absolute atomic E-state index is 13.3.